The van der Waals surface area contributed by atoms with Crippen LogP contribution in [0.3, 0.4) is 0 Å². The molecule has 1 aromatic carbocycles. The Morgan fingerprint density at radius 3 is 2.81 bits per heavy atom. The van der Waals surface area contributed by atoms with Crippen molar-refractivity contribution in [3.05, 3.63) is 48.5 Å². The first-order valence-electron chi connectivity index (χ1n) is 7.88. The van der Waals surface area contributed by atoms with Crippen molar-refractivity contribution >= 4 is 0 Å². The standard InChI is InChI=1S/C17H24N4/c1-2-20(13-16-4-3-9-19-16)12-15-5-7-17(8-6-15)21-11-10-18-14-21/h5-8,10-11,14,16,19H,2-4,9,12-13H2,1H3. The molecule has 2 heterocycles. The van der Waals surface area contributed by atoms with E-state index >= 15 is 0 Å². The molecule has 1 fully saturated rings. The zero-order chi connectivity index (χ0) is 14.5. The van der Waals surface area contributed by atoms with Crippen LogP contribution in [-0.2, 0) is 6.54 Å². The van der Waals surface area contributed by atoms with Crippen LogP contribution in [0.4, 0.5) is 0 Å². The fourth-order valence-corrected chi connectivity index (χ4v) is 2.97. The normalized spacial score (nSPS) is 18.5. The number of hydrogen-bond donors (Lipinski definition) is 1. The van der Waals surface area contributed by atoms with Crippen molar-refractivity contribution < 1.29 is 0 Å². The quantitative estimate of drug-likeness (QED) is 0.884. The molecule has 1 saturated heterocycles. The van der Waals surface area contributed by atoms with Crippen molar-refractivity contribution in [2.45, 2.75) is 32.4 Å². The molecule has 1 aliphatic rings. The topological polar surface area (TPSA) is 33.1 Å². The van der Waals surface area contributed by atoms with Gasteiger partial charge in [0.05, 0.1) is 6.33 Å². The summed E-state index contributed by atoms with van der Waals surface area (Å²) < 4.78 is 2.03. The zero-order valence-electron chi connectivity index (χ0n) is 12.7. The Morgan fingerprint density at radius 1 is 1.33 bits per heavy atom. The molecule has 3 rings (SSSR count). The van der Waals surface area contributed by atoms with Crippen LogP contribution in [0.1, 0.15) is 25.3 Å². The molecule has 1 unspecified atom stereocenters. The highest BCUT2D eigenvalue weighted by Gasteiger charge is 2.17. The van der Waals surface area contributed by atoms with E-state index < -0.39 is 0 Å². The van der Waals surface area contributed by atoms with Gasteiger partial charge in [-0.05, 0) is 43.6 Å². The molecule has 4 nitrogen and oxygen atoms in total. The van der Waals surface area contributed by atoms with E-state index in [1.165, 1.54) is 24.9 Å². The first kappa shape index (κ1) is 14.3. The predicted molar refractivity (Wildman–Crippen MR) is 85.5 cm³/mol. The molecule has 0 bridgehead atoms. The summed E-state index contributed by atoms with van der Waals surface area (Å²) in [7, 11) is 0. The van der Waals surface area contributed by atoms with Crippen LogP contribution in [0.25, 0.3) is 5.69 Å². The Morgan fingerprint density at radius 2 is 2.19 bits per heavy atom. The molecule has 0 aliphatic carbocycles. The van der Waals surface area contributed by atoms with Crippen molar-refractivity contribution in [2.75, 3.05) is 19.6 Å². The maximum absolute atomic E-state index is 4.09. The van der Waals surface area contributed by atoms with Crippen LogP contribution >= 0.6 is 0 Å². The largest absolute Gasteiger partial charge is 0.313 e. The minimum absolute atomic E-state index is 0.676. The fraction of sp³-hybridized carbons (Fsp3) is 0.471. The van der Waals surface area contributed by atoms with Gasteiger partial charge in [-0.3, -0.25) is 4.90 Å². The van der Waals surface area contributed by atoms with E-state index in [2.05, 4.69) is 46.4 Å². The van der Waals surface area contributed by atoms with Crippen LogP contribution in [0.5, 0.6) is 0 Å². The minimum Gasteiger partial charge on any atom is -0.313 e. The number of likely N-dealkylation sites (N-methyl/N-ethyl adjacent to an activating group) is 1. The van der Waals surface area contributed by atoms with Crippen LogP contribution in [0, 0.1) is 0 Å². The van der Waals surface area contributed by atoms with Gasteiger partial charge in [-0.25, -0.2) is 4.98 Å². The highest BCUT2D eigenvalue weighted by molar-refractivity contribution is 5.34. The summed E-state index contributed by atoms with van der Waals surface area (Å²) in [6, 6.07) is 9.45. The summed E-state index contributed by atoms with van der Waals surface area (Å²) in [4.78, 5) is 6.61. The first-order chi connectivity index (χ1) is 10.3. The molecule has 1 aliphatic heterocycles. The second kappa shape index (κ2) is 6.87. The summed E-state index contributed by atoms with van der Waals surface area (Å²) in [5.74, 6) is 0. The third-order valence-corrected chi connectivity index (χ3v) is 4.23. The number of benzene rings is 1. The molecule has 0 amide bonds. The summed E-state index contributed by atoms with van der Waals surface area (Å²) in [5, 5.41) is 3.58. The molecule has 1 atom stereocenters. The van der Waals surface area contributed by atoms with E-state index in [-0.39, 0.29) is 0 Å². The summed E-state index contributed by atoms with van der Waals surface area (Å²) in [6.45, 7) is 6.71. The molecule has 0 spiro atoms. The van der Waals surface area contributed by atoms with Crippen molar-refractivity contribution in [3.8, 4) is 5.69 Å². The van der Waals surface area contributed by atoms with Gasteiger partial charge in [-0.15, -0.1) is 0 Å². The van der Waals surface area contributed by atoms with Crippen LogP contribution in [0.2, 0.25) is 0 Å². The Balaban J connectivity index is 1.60. The third-order valence-electron chi connectivity index (χ3n) is 4.23. The number of hydrogen-bond acceptors (Lipinski definition) is 3. The zero-order valence-corrected chi connectivity index (χ0v) is 12.7. The predicted octanol–water partition coefficient (Wildman–Crippen LogP) is 2.45. The highest BCUT2D eigenvalue weighted by Crippen LogP contribution is 2.13. The molecule has 0 radical (unpaired) electrons. The van der Waals surface area contributed by atoms with Gasteiger partial charge in [0.15, 0.2) is 0 Å². The molecule has 112 valence electrons. The van der Waals surface area contributed by atoms with Gasteiger partial charge in [0, 0.05) is 37.2 Å². The summed E-state index contributed by atoms with van der Waals surface area (Å²) in [6.07, 6.45) is 8.25. The lowest BCUT2D eigenvalue weighted by molar-refractivity contribution is 0.253. The second-order valence-electron chi connectivity index (χ2n) is 5.76. The highest BCUT2D eigenvalue weighted by atomic mass is 15.1. The Bertz CT molecular complexity index is 526. The maximum atomic E-state index is 4.09. The average molecular weight is 284 g/mol. The fourth-order valence-electron chi connectivity index (χ4n) is 2.97. The maximum Gasteiger partial charge on any atom is 0.0991 e. The third kappa shape index (κ3) is 3.71. The molecule has 1 aromatic heterocycles. The lowest BCUT2D eigenvalue weighted by Gasteiger charge is -2.24. The average Bonchev–Trinajstić information content (AvgIpc) is 3.21. The number of nitrogens with one attached hydrogen (secondary N) is 1. The van der Waals surface area contributed by atoms with E-state index in [9.17, 15) is 0 Å². The van der Waals surface area contributed by atoms with Crippen LogP contribution < -0.4 is 5.32 Å². The van der Waals surface area contributed by atoms with E-state index in [1.54, 1.807) is 6.20 Å². The van der Waals surface area contributed by atoms with Crippen LogP contribution in [0.15, 0.2) is 43.0 Å². The van der Waals surface area contributed by atoms with E-state index in [4.69, 9.17) is 0 Å². The number of nitrogens with zero attached hydrogens (tertiary/aromatic N) is 3. The van der Waals surface area contributed by atoms with Gasteiger partial charge in [0.1, 0.15) is 0 Å². The van der Waals surface area contributed by atoms with E-state index in [0.717, 1.165) is 25.3 Å². The van der Waals surface area contributed by atoms with Gasteiger partial charge in [0.2, 0.25) is 0 Å². The smallest absolute Gasteiger partial charge is 0.0991 e. The molecule has 2 aromatic rings. The van der Waals surface area contributed by atoms with Gasteiger partial charge in [-0.2, -0.15) is 0 Å². The van der Waals surface area contributed by atoms with E-state index in [1.807, 2.05) is 17.1 Å². The monoisotopic (exact) mass is 284 g/mol. The Kier molecular flexibility index (Phi) is 4.68. The lowest BCUT2D eigenvalue weighted by Crippen LogP contribution is -2.37. The van der Waals surface area contributed by atoms with Gasteiger partial charge >= 0.3 is 0 Å². The first-order valence-corrected chi connectivity index (χ1v) is 7.88. The second-order valence-corrected chi connectivity index (χ2v) is 5.76. The van der Waals surface area contributed by atoms with Crippen molar-refractivity contribution in [3.63, 3.8) is 0 Å². The molecule has 4 heteroatoms. The SMILES string of the molecule is CCN(Cc1ccc(-n2ccnc2)cc1)CC1CCCN1. The van der Waals surface area contributed by atoms with Crippen molar-refractivity contribution in [2.24, 2.45) is 0 Å². The molecular weight excluding hydrogens is 260 g/mol. The molecule has 0 saturated carbocycles. The summed E-state index contributed by atoms with van der Waals surface area (Å²) in [5.41, 5.74) is 2.54. The molecular formula is C17H24N4. The van der Waals surface area contributed by atoms with Gasteiger partial charge in [0.25, 0.3) is 0 Å². The van der Waals surface area contributed by atoms with Crippen molar-refractivity contribution in [1.82, 2.24) is 19.8 Å². The lowest BCUT2D eigenvalue weighted by atomic mass is 10.1. The Labute approximate surface area is 126 Å². The van der Waals surface area contributed by atoms with Crippen molar-refractivity contribution in [1.29, 1.82) is 0 Å². The number of aromatic nitrogens is 2. The summed E-state index contributed by atoms with van der Waals surface area (Å²) >= 11 is 0. The number of rotatable bonds is 6. The minimum atomic E-state index is 0.676. The van der Waals surface area contributed by atoms with Crippen LogP contribution in [-0.4, -0.2) is 40.1 Å². The van der Waals surface area contributed by atoms with E-state index in [0.29, 0.717) is 6.04 Å². The molecule has 21 heavy (non-hydrogen) atoms. The Hall–Kier alpha value is -1.65. The number of imidazole rings is 1. The van der Waals surface area contributed by atoms with Gasteiger partial charge < -0.3 is 9.88 Å². The van der Waals surface area contributed by atoms with Gasteiger partial charge in [-0.1, -0.05) is 19.1 Å². The molecule has 1 N–H and O–H groups in total.